The van der Waals surface area contributed by atoms with Gasteiger partial charge in [0.1, 0.15) is 5.75 Å². The van der Waals surface area contributed by atoms with Crippen molar-refractivity contribution >= 4 is 38.4 Å². The number of amidine groups is 1. The van der Waals surface area contributed by atoms with E-state index in [1.807, 2.05) is 29.2 Å². The molecule has 0 aromatic heterocycles. The van der Waals surface area contributed by atoms with Gasteiger partial charge in [0.15, 0.2) is 15.0 Å². The third-order valence-electron chi connectivity index (χ3n) is 3.92. The van der Waals surface area contributed by atoms with Gasteiger partial charge in [-0.2, -0.15) is 4.99 Å². The van der Waals surface area contributed by atoms with Crippen LogP contribution in [0.25, 0.3) is 0 Å². The molecule has 2 heterocycles. The molecule has 0 N–H and O–H groups in total. The third kappa shape index (κ3) is 3.23. The van der Waals surface area contributed by atoms with Gasteiger partial charge in [0, 0.05) is 23.4 Å². The van der Waals surface area contributed by atoms with E-state index in [1.54, 1.807) is 14.0 Å². The quantitative estimate of drug-likeness (QED) is 0.822. The lowest BCUT2D eigenvalue weighted by Gasteiger charge is -2.24. The molecule has 3 rings (SSSR count). The standard InChI is InChI=1S/C15H18N2O4S2/c1-3-14(18)16-15-17(10-5-4-6-11(7-10)21-2)12-8-23(19,20)9-13(12)22-15/h4-7,12-13H,3,8-9H2,1-2H3/t12-,13+/m0/s1. The summed E-state index contributed by atoms with van der Waals surface area (Å²) in [6.07, 6.45) is 0.323. The SMILES string of the molecule is CCC(=O)N=C1S[C@@H]2CS(=O)(=O)C[C@@H]2N1c1cccc(OC)c1. The van der Waals surface area contributed by atoms with Crippen LogP contribution in [-0.2, 0) is 14.6 Å². The van der Waals surface area contributed by atoms with Gasteiger partial charge >= 0.3 is 0 Å². The van der Waals surface area contributed by atoms with Crippen LogP contribution in [0.2, 0.25) is 0 Å². The molecule has 1 aromatic rings. The highest BCUT2D eigenvalue weighted by atomic mass is 32.2. The number of hydrogen-bond donors (Lipinski definition) is 0. The number of fused-ring (bicyclic) bond motifs is 1. The van der Waals surface area contributed by atoms with E-state index in [1.165, 1.54) is 11.8 Å². The molecule has 0 spiro atoms. The number of aliphatic imine (C=N–C) groups is 1. The fraction of sp³-hybridized carbons (Fsp3) is 0.467. The zero-order valence-corrected chi connectivity index (χ0v) is 14.6. The first-order valence-electron chi connectivity index (χ1n) is 7.35. The second-order valence-corrected chi connectivity index (χ2v) is 8.87. The summed E-state index contributed by atoms with van der Waals surface area (Å²) in [5, 5.41) is 0.490. The fourth-order valence-electron chi connectivity index (χ4n) is 2.81. The lowest BCUT2D eigenvalue weighted by Crippen LogP contribution is -2.37. The van der Waals surface area contributed by atoms with Crippen LogP contribution in [-0.4, -0.2) is 49.4 Å². The Labute approximate surface area is 139 Å². The van der Waals surface area contributed by atoms with Gasteiger partial charge in [-0.05, 0) is 12.1 Å². The molecule has 8 heteroatoms. The predicted octanol–water partition coefficient (Wildman–Crippen LogP) is 1.71. The average Bonchev–Trinajstić information content (AvgIpc) is 2.97. The molecule has 0 bridgehead atoms. The molecular formula is C15H18N2O4S2. The number of benzene rings is 1. The topological polar surface area (TPSA) is 76.0 Å². The minimum atomic E-state index is -3.05. The second-order valence-electron chi connectivity index (χ2n) is 5.51. The number of methoxy groups -OCH3 is 1. The monoisotopic (exact) mass is 354 g/mol. The summed E-state index contributed by atoms with van der Waals surface area (Å²) in [6, 6.07) is 7.18. The highest BCUT2D eigenvalue weighted by Crippen LogP contribution is 2.41. The summed E-state index contributed by atoms with van der Waals surface area (Å²) < 4.78 is 29.2. The first-order valence-corrected chi connectivity index (χ1v) is 10.1. The number of nitrogens with zero attached hydrogens (tertiary/aromatic N) is 2. The van der Waals surface area contributed by atoms with E-state index in [4.69, 9.17) is 4.74 Å². The zero-order chi connectivity index (χ0) is 16.6. The maximum absolute atomic E-state index is 12.0. The maximum atomic E-state index is 12.0. The number of hydrogen-bond acceptors (Lipinski definition) is 5. The van der Waals surface area contributed by atoms with Gasteiger partial charge in [0.05, 0.1) is 24.7 Å². The molecule has 0 unspecified atom stereocenters. The zero-order valence-electron chi connectivity index (χ0n) is 12.9. The van der Waals surface area contributed by atoms with Crippen LogP contribution in [0.15, 0.2) is 29.3 Å². The summed E-state index contributed by atoms with van der Waals surface area (Å²) >= 11 is 1.38. The lowest BCUT2D eigenvalue weighted by atomic mass is 10.2. The van der Waals surface area contributed by atoms with Crippen molar-refractivity contribution in [1.29, 1.82) is 0 Å². The van der Waals surface area contributed by atoms with Crippen molar-refractivity contribution in [3.8, 4) is 5.75 Å². The van der Waals surface area contributed by atoms with Crippen LogP contribution in [0.4, 0.5) is 5.69 Å². The molecule has 2 fully saturated rings. The number of rotatable bonds is 3. The van der Waals surface area contributed by atoms with Crippen LogP contribution < -0.4 is 9.64 Å². The average molecular weight is 354 g/mol. The van der Waals surface area contributed by atoms with Crippen molar-refractivity contribution in [1.82, 2.24) is 0 Å². The van der Waals surface area contributed by atoms with Gasteiger partial charge < -0.3 is 9.64 Å². The molecule has 2 aliphatic heterocycles. The van der Waals surface area contributed by atoms with Crippen molar-refractivity contribution in [2.45, 2.75) is 24.6 Å². The second kappa shape index (κ2) is 6.16. The Morgan fingerprint density at radius 1 is 1.43 bits per heavy atom. The van der Waals surface area contributed by atoms with E-state index >= 15 is 0 Å². The number of thioether (sulfide) groups is 1. The number of ether oxygens (including phenoxy) is 1. The van der Waals surface area contributed by atoms with Crippen molar-refractivity contribution in [2.75, 3.05) is 23.5 Å². The van der Waals surface area contributed by atoms with Crippen LogP contribution in [0.5, 0.6) is 5.75 Å². The number of amides is 1. The molecule has 0 aliphatic carbocycles. The molecule has 1 aromatic carbocycles. The van der Waals surface area contributed by atoms with Crippen molar-refractivity contribution < 1.29 is 17.9 Å². The van der Waals surface area contributed by atoms with Crippen molar-refractivity contribution in [3.05, 3.63) is 24.3 Å². The van der Waals surface area contributed by atoms with Crippen LogP contribution in [0, 0.1) is 0 Å². The van der Waals surface area contributed by atoms with E-state index in [2.05, 4.69) is 4.99 Å². The highest BCUT2D eigenvalue weighted by Gasteiger charge is 2.49. The molecule has 0 radical (unpaired) electrons. The third-order valence-corrected chi connectivity index (χ3v) is 7.13. The van der Waals surface area contributed by atoms with Crippen molar-refractivity contribution in [2.24, 2.45) is 4.99 Å². The first kappa shape index (κ1) is 16.3. The number of sulfone groups is 1. The van der Waals surface area contributed by atoms with Gasteiger partial charge in [0.25, 0.3) is 0 Å². The Balaban J connectivity index is 2.02. The fourth-order valence-corrected chi connectivity index (χ4v) is 6.74. The normalized spacial score (nSPS) is 27.2. The molecule has 0 saturated carbocycles. The molecule has 124 valence electrons. The van der Waals surface area contributed by atoms with Crippen molar-refractivity contribution in [3.63, 3.8) is 0 Å². The molecule has 2 aliphatic rings. The Morgan fingerprint density at radius 2 is 2.22 bits per heavy atom. The lowest BCUT2D eigenvalue weighted by molar-refractivity contribution is -0.117. The molecule has 2 atom stereocenters. The summed E-state index contributed by atoms with van der Waals surface area (Å²) in [5.41, 5.74) is 0.795. The summed E-state index contributed by atoms with van der Waals surface area (Å²) in [7, 11) is -1.47. The Hall–Kier alpha value is -1.54. The molecule has 23 heavy (non-hydrogen) atoms. The van der Waals surface area contributed by atoms with E-state index in [0.717, 1.165) is 5.69 Å². The van der Waals surface area contributed by atoms with Gasteiger partial charge in [-0.3, -0.25) is 4.79 Å². The summed E-state index contributed by atoms with van der Waals surface area (Å²) in [5.74, 6) is 0.685. The van der Waals surface area contributed by atoms with E-state index in [9.17, 15) is 13.2 Å². The van der Waals surface area contributed by atoms with Gasteiger partial charge in [-0.25, -0.2) is 8.42 Å². The minimum absolute atomic E-state index is 0.0845. The molecular weight excluding hydrogens is 336 g/mol. The largest absolute Gasteiger partial charge is 0.497 e. The molecule has 6 nitrogen and oxygen atoms in total. The first-order chi connectivity index (χ1) is 10.9. The maximum Gasteiger partial charge on any atom is 0.247 e. The van der Waals surface area contributed by atoms with Gasteiger partial charge in [-0.1, -0.05) is 24.8 Å². The number of carbonyl (C=O) groups is 1. The predicted molar refractivity (Wildman–Crippen MR) is 92.0 cm³/mol. The van der Waals surface area contributed by atoms with Crippen LogP contribution >= 0.6 is 11.8 Å². The Morgan fingerprint density at radius 3 is 2.91 bits per heavy atom. The minimum Gasteiger partial charge on any atom is -0.497 e. The number of carbonyl (C=O) groups excluding carboxylic acids is 1. The van der Waals surface area contributed by atoms with Crippen LogP contribution in [0.1, 0.15) is 13.3 Å². The number of anilines is 1. The smallest absolute Gasteiger partial charge is 0.247 e. The van der Waals surface area contributed by atoms with E-state index in [0.29, 0.717) is 17.3 Å². The Bertz CT molecular complexity index is 760. The van der Waals surface area contributed by atoms with Crippen LogP contribution in [0.3, 0.4) is 0 Å². The van der Waals surface area contributed by atoms with Gasteiger partial charge in [0.2, 0.25) is 5.91 Å². The molecule has 2 saturated heterocycles. The van der Waals surface area contributed by atoms with E-state index in [-0.39, 0.29) is 28.7 Å². The Kier molecular flexibility index (Phi) is 4.37. The summed E-state index contributed by atoms with van der Waals surface area (Å²) in [6.45, 7) is 1.76. The highest BCUT2D eigenvalue weighted by molar-refractivity contribution is 8.16. The van der Waals surface area contributed by atoms with E-state index < -0.39 is 9.84 Å². The molecule has 1 amide bonds. The summed E-state index contributed by atoms with van der Waals surface area (Å²) in [4.78, 5) is 17.8. The van der Waals surface area contributed by atoms with Gasteiger partial charge in [-0.15, -0.1) is 0 Å².